The Hall–Kier alpha value is -1.10. The van der Waals surface area contributed by atoms with Crippen molar-refractivity contribution in [1.29, 1.82) is 0 Å². The topological polar surface area (TPSA) is 50.9 Å². The first-order valence-electron chi connectivity index (χ1n) is 6.60. The van der Waals surface area contributed by atoms with Crippen molar-refractivity contribution >= 4 is 23.2 Å². The Labute approximate surface area is 128 Å². The monoisotopic (exact) mass is 313 g/mol. The van der Waals surface area contributed by atoms with Crippen molar-refractivity contribution in [3.63, 3.8) is 0 Å². The second-order valence-corrected chi connectivity index (χ2v) is 5.25. The highest BCUT2D eigenvalue weighted by Crippen LogP contribution is 2.28. The van der Waals surface area contributed by atoms with Crippen LogP contribution >= 0.6 is 23.2 Å². The van der Waals surface area contributed by atoms with Gasteiger partial charge in [-0.15, -0.1) is 0 Å². The molecule has 2 aromatic rings. The molecule has 0 radical (unpaired) electrons. The molecule has 2 aromatic heterocycles. The summed E-state index contributed by atoms with van der Waals surface area (Å²) in [6.07, 6.45) is 1.92. The van der Waals surface area contributed by atoms with E-state index in [-0.39, 0.29) is 0 Å². The van der Waals surface area contributed by atoms with E-state index in [9.17, 15) is 5.11 Å². The summed E-state index contributed by atoms with van der Waals surface area (Å²) in [5, 5.41) is 15.8. The number of rotatable bonds is 5. The smallest absolute Gasteiger partial charge is 0.103 e. The molecule has 20 heavy (non-hydrogen) atoms. The number of hydrogen-bond donors (Lipinski definition) is 1. The van der Waals surface area contributed by atoms with E-state index in [0.29, 0.717) is 28.7 Å². The van der Waals surface area contributed by atoms with Crippen LogP contribution in [0.3, 0.4) is 0 Å². The Morgan fingerprint density at radius 1 is 1.35 bits per heavy atom. The summed E-state index contributed by atoms with van der Waals surface area (Å²) in [5.41, 5.74) is 2.13. The van der Waals surface area contributed by atoms with Crippen LogP contribution in [-0.4, -0.2) is 19.9 Å². The molecular weight excluding hydrogens is 297 g/mol. The lowest BCUT2D eigenvalue weighted by Crippen LogP contribution is -2.10. The molecule has 0 fully saturated rings. The summed E-state index contributed by atoms with van der Waals surface area (Å²) in [7, 11) is 0. The highest BCUT2D eigenvalue weighted by atomic mass is 35.5. The summed E-state index contributed by atoms with van der Waals surface area (Å²) in [4.78, 5) is 4.13. The molecule has 2 heterocycles. The quantitative estimate of drug-likeness (QED) is 0.920. The minimum absolute atomic E-state index is 0.344. The number of aliphatic hydroxyl groups excluding tert-OH is 1. The third kappa shape index (κ3) is 2.97. The standard InChI is InChI=1S/C14H17Cl2N3O/c1-3-10-13(16)11(19(4-2)18-10)8-12(20)14-9(15)6-5-7-17-14/h5-7,12,20H,3-4,8H2,1-2H3. The predicted octanol–water partition coefficient (Wildman–Crippen LogP) is 3.44. The van der Waals surface area contributed by atoms with Gasteiger partial charge in [-0.05, 0) is 25.5 Å². The molecule has 1 atom stereocenters. The van der Waals surface area contributed by atoms with E-state index in [1.54, 1.807) is 18.3 Å². The fraction of sp³-hybridized carbons (Fsp3) is 0.429. The number of nitrogens with zero attached hydrogens (tertiary/aromatic N) is 3. The Morgan fingerprint density at radius 3 is 2.70 bits per heavy atom. The molecule has 0 aromatic carbocycles. The zero-order valence-corrected chi connectivity index (χ0v) is 13.0. The van der Waals surface area contributed by atoms with Crippen molar-refractivity contribution in [1.82, 2.24) is 14.8 Å². The van der Waals surface area contributed by atoms with E-state index >= 15 is 0 Å². The van der Waals surface area contributed by atoms with Gasteiger partial charge in [0.05, 0.1) is 27.1 Å². The summed E-state index contributed by atoms with van der Waals surface area (Å²) >= 11 is 12.4. The molecule has 0 amide bonds. The second kappa shape index (κ2) is 6.57. The van der Waals surface area contributed by atoms with Crippen molar-refractivity contribution in [2.24, 2.45) is 0 Å². The van der Waals surface area contributed by atoms with Gasteiger partial charge in [-0.1, -0.05) is 30.1 Å². The van der Waals surface area contributed by atoms with Crippen molar-refractivity contribution in [3.05, 3.63) is 45.5 Å². The minimum atomic E-state index is -0.798. The van der Waals surface area contributed by atoms with E-state index in [1.165, 1.54) is 0 Å². The Kier molecular flexibility index (Phi) is 5.02. The van der Waals surface area contributed by atoms with Crippen LogP contribution in [0.2, 0.25) is 10.0 Å². The van der Waals surface area contributed by atoms with Gasteiger partial charge in [-0.2, -0.15) is 5.10 Å². The zero-order valence-electron chi connectivity index (χ0n) is 11.5. The Bertz CT molecular complexity index is 598. The Morgan fingerprint density at radius 2 is 2.10 bits per heavy atom. The van der Waals surface area contributed by atoms with Gasteiger partial charge in [0.15, 0.2) is 0 Å². The maximum absolute atomic E-state index is 10.3. The van der Waals surface area contributed by atoms with Crippen molar-refractivity contribution < 1.29 is 5.11 Å². The highest BCUT2D eigenvalue weighted by Gasteiger charge is 2.20. The van der Waals surface area contributed by atoms with E-state index in [2.05, 4.69) is 10.1 Å². The first-order chi connectivity index (χ1) is 9.58. The van der Waals surface area contributed by atoms with Crippen LogP contribution in [0.25, 0.3) is 0 Å². The van der Waals surface area contributed by atoms with Crippen molar-refractivity contribution in [2.75, 3.05) is 0 Å². The van der Waals surface area contributed by atoms with Crippen molar-refractivity contribution in [2.45, 2.75) is 39.3 Å². The third-order valence-corrected chi connectivity index (χ3v) is 3.94. The lowest BCUT2D eigenvalue weighted by molar-refractivity contribution is 0.171. The summed E-state index contributed by atoms with van der Waals surface area (Å²) in [6, 6.07) is 3.44. The summed E-state index contributed by atoms with van der Waals surface area (Å²) in [6.45, 7) is 4.70. The van der Waals surface area contributed by atoms with Crippen LogP contribution in [0.4, 0.5) is 0 Å². The van der Waals surface area contributed by atoms with Gasteiger partial charge in [-0.25, -0.2) is 0 Å². The van der Waals surface area contributed by atoms with Gasteiger partial charge in [0.25, 0.3) is 0 Å². The van der Waals surface area contributed by atoms with E-state index in [1.807, 2.05) is 18.5 Å². The average molecular weight is 314 g/mol. The molecule has 108 valence electrons. The number of hydrogen-bond acceptors (Lipinski definition) is 3. The van der Waals surface area contributed by atoms with Crippen LogP contribution in [0, 0.1) is 0 Å². The van der Waals surface area contributed by atoms with Crippen LogP contribution < -0.4 is 0 Å². The first kappa shape index (κ1) is 15.3. The number of pyridine rings is 1. The number of halogens is 2. The molecule has 0 saturated carbocycles. The molecule has 0 aliphatic heterocycles. The van der Waals surface area contributed by atoms with Crippen LogP contribution in [-0.2, 0) is 19.4 Å². The molecule has 2 rings (SSSR count). The lowest BCUT2D eigenvalue weighted by atomic mass is 10.1. The maximum Gasteiger partial charge on any atom is 0.103 e. The van der Waals surface area contributed by atoms with Gasteiger partial charge in [0, 0.05) is 19.2 Å². The molecule has 0 aliphatic rings. The molecule has 0 saturated heterocycles. The van der Waals surface area contributed by atoms with E-state index in [4.69, 9.17) is 23.2 Å². The largest absolute Gasteiger partial charge is 0.386 e. The number of aliphatic hydroxyl groups is 1. The summed E-state index contributed by atoms with van der Waals surface area (Å²) in [5.74, 6) is 0. The molecule has 4 nitrogen and oxygen atoms in total. The van der Waals surface area contributed by atoms with Crippen LogP contribution in [0.15, 0.2) is 18.3 Å². The SMILES string of the molecule is CCc1nn(CC)c(CC(O)c2ncccc2Cl)c1Cl. The minimum Gasteiger partial charge on any atom is -0.386 e. The molecule has 0 bridgehead atoms. The number of aromatic nitrogens is 3. The maximum atomic E-state index is 10.3. The molecule has 1 unspecified atom stereocenters. The average Bonchev–Trinajstić information content (AvgIpc) is 2.75. The van der Waals surface area contributed by atoms with Gasteiger partial charge < -0.3 is 5.11 Å². The van der Waals surface area contributed by atoms with Gasteiger partial charge in [0.1, 0.15) is 6.10 Å². The molecule has 0 spiro atoms. The second-order valence-electron chi connectivity index (χ2n) is 4.47. The molecule has 1 N–H and O–H groups in total. The highest BCUT2D eigenvalue weighted by molar-refractivity contribution is 6.32. The Balaban J connectivity index is 2.30. The van der Waals surface area contributed by atoms with Gasteiger partial charge in [0.2, 0.25) is 0 Å². The lowest BCUT2D eigenvalue weighted by Gasteiger charge is -2.12. The van der Waals surface area contributed by atoms with Gasteiger partial charge in [-0.3, -0.25) is 9.67 Å². The first-order valence-corrected chi connectivity index (χ1v) is 7.36. The van der Waals surface area contributed by atoms with Gasteiger partial charge >= 0.3 is 0 Å². The summed E-state index contributed by atoms with van der Waals surface area (Å²) < 4.78 is 1.82. The van der Waals surface area contributed by atoms with E-state index < -0.39 is 6.10 Å². The normalized spacial score (nSPS) is 12.7. The molecular formula is C14H17Cl2N3O. The van der Waals surface area contributed by atoms with Crippen LogP contribution in [0.1, 0.15) is 37.0 Å². The zero-order chi connectivity index (χ0) is 14.7. The molecule has 6 heteroatoms. The number of aryl methyl sites for hydroxylation is 2. The molecule has 0 aliphatic carbocycles. The fourth-order valence-electron chi connectivity index (χ4n) is 2.14. The third-order valence-electron chi connectivity index (χ3n) is 3.18. The fourth-order valence-corrected chi connectivity index (χ4v) is 2.73. The van der Waals surface area contributed by atoms with Crippen molar-refractivity contribution in [3.8, 4) is 0 Å². The predicted molar refractivity (Wildman–Crippen MR) is 80.2 cm³/mol. The van der Waals surface area contributed by atoms with E-state index in [0.717, 1.165) is 17.8 Å². The van der Waals surface area contributed by atoms with Crippen LogP contribution in [0.5, 0.6) is 0 Å².